The van der Waals surface area contributed by atoms with E-state index in [9.17, 15) is 4.39 Å². The molecule has 0 radical (unpaired) electrons. The first kappa shape index (κ1) is 11.0. The summed E-state index contributed by atoms with van der Waals surface area (Å²) in [5.74, 6) is -0.454. The van der Waals surface area contributed by atoms with E-state index in [1.165, 1.54) is 6.07 Å². The lowest BCUT2D eigenvalue weighted by Crippen LogP contribution is -2.29. The van der Waals surface area contributed by atoms with Gasteiger partial charge in [-0.1, -0.05) is 27.5 Å². The summed E-state index contributed by atoms with van der Waals surface area (Å²) in [4.78, 5) is 0. The number of nitrogens with two attached hydrogens (primary N) is 1. The molecule has 0 aliphatic carbocycles. The van der Waals surface area contributed by atoms with Crippen LogP contribution in [-0.2, 0) is 5.54 Å². The molecule has 0 amide bonds. The Labute approximate surface area is 90.2 Å². The van der Waals surface area contributed by atoms with Gasteiger partial charge >= 0.3 is 0 Å². The van der Waals surface area contributed by atoms with Crippen molar-refractivity contribution in [1.29, 1.82) is 0 Å². The van der Waals surface area contributed by atoms with Gasteiger partial charge in [-0.3, -0.25) is 0 Å². The highest BCUT2D eigenvalue weighted by molar-refractivity contribution is 9.10. The number of rotatable bonds is 1. The fraction of sp³-hybridized carbons (Fsp3) is 0.333. The van der Waals surface area contributed by atoms with Crippen LogP contribution in [0.2, 0.25) is 5.02 Å². The SMILES string of the molecule is CC(C)(N)c1cc(Br)cc(F)c1Cl. The summed E-state index contributed by atoms with van der Waals surface area (Å²) >= 11 is 8.96. The minimum Gasteiger partial charge on any atom is -0.322 e. The minimum atomic E-state index is -0.637. The van der Waals surface area contributed by atoms with Gasteiger partial charge in [0.2, 0.25) is 0 Å². The third-order valence-electron chi connectivity index (χ3n) is 1.69. The summed E-state index contributed by atoms with van der Waals surface area (Å²) in [7, 11) is 0. The lowest BCUT2D eigenvalue weighted by molar-refractivity contribution is 0.543. The van der Waals surface area contributed by atoms with Crippen LogP contribution in [0.15, 0.2) is 16.6 Å². The van der Waals surface area contributed by atoms with E-state index >= 15 is 0 Å². The molecule has 0 aliphatic heterocycles. The van der Waals surface area contributed by atoms with Crippen molar-refractivity contribution in [3.05, 3.63) is 33.0 Å². The van der Waals surface area contributed by atoms with Crippen molar-refractivity contribution in [2.45, 2.75) is 19.4 Å². The van der Waals surface area contributed by atoms with Crippen LogP contribution in [0, 0.1) is 5.82 Å². The zero-order valence-corrected chi connectivity index (χ0v) is 9.71. The Morgan fingerprint density at radius 3 is 2.46 bits per heavy atom. The van der Waals surface area contributed by atoms with Crippen molar-refractivity contribution < 1.29 is 4.39 Å². The van der Waals surface area contributed by atoms with E-state index in [1.54, 1.807) is 19.9 Å². The second-order valence-corrected chi connectivity index (χ2v) is 4.76. The Hall–Kier alpha value is -0.120. The largest absolute Gasteiger partial charge is 0.322 e. The summed E-state index contributed by atoms with van der Waals surface area (Å²) < 4.78 is 13.8. The topological polar surface area (TPSA) is 26.0 Å². The molecule has 1 rings (SSSR count). The van der Waals surface area contributed by atoms with Crippen molar-refractivity contribution >= 4 is 27.5 Å². The van der Waals surface area contributed by atoms with Crippen LogP contribution in [0.3, 0.4) is 0 Å². The van der Waals surface area contributed by atoms with Crippen LogP contribution in [0.1, 0.15) is 19.4 Å². The molecule has 0 unspecified atom stereocenters. The lowest BCUT2D eigenvalue weighted by atomic mass is 9.95. The predicted molar refractivity (Wildman–Crippen MR) is 56.3 cm³/mol. The van der Waals surface area contributed by atoms with Gasteiger partial charge in [0.15, 0.2) is 0 Å². The van der Waals surface area contributed by atoms with Gasteiger partial charge in [0, 0.05) is 10.0 Å². The second kappa shape index (κ2) is 3.56. The first-order chi connectivity index (χ1) is 5.82. The van der Waals surface area contributed by atoms with Gasteiger partial charge in [-0.15, -0.1) is 0 Å². The Balaban J connectivity index is 3.37. The number of hydrogen-bond donors (Lipinski definition) is 1. The second-order valence-electron chi connectivity index (χ2n) is 3.47. The predicted octanol–water partition coefficient (Wildman–Crippen LogP) is 3.44. The van der Waals surface area contributed by atoms with Crippen LogP contribution in [0.25, 0.3) is 0 Å². The highest BCUT2D eigenvalue weighted by Gasteiger charge is 2.20. The Kier molecular flexibility index (Phi) is 3.00. The molecule has 1 aromatic carbocycles. The van der Waals surface area contributed by atoms with Crippen molar-refractivity contribution in [1.82, 2.24) is 0 Å². The molecule has 0 saturated heterocycles. The molecule has 0 aromatic heterocycles. The normalized spacial score (nSPS) is 11.8. The Morgan fingerprint density at radius 1 is 1.46 bits per heavy atom. The van der Waals surface area contributed by atoms with E-state index in [1.807, 2.05) is 0 Å². The highest BCUT2D eigenvalue weighted by Crippen LogP contribution is 2.31. The number of halogens is 3. The summed E-state index contributed by atoms with van der Waals surface area (Å²) in [6, 6.07) is 3.04. The third-order valence-corrected chi connectivity index (χ3v) is 2.53. The van der Waals surface area contributed by atoms with Gasteiger partial charge in [0.1, 0.15) is 5.82 Å². The lowest BCUT2D eigenvalue weighted by Gasteiger charge is -2.21. The van der Waals surface area contributed by atoms with Crippen LogP contribution in [-0.4, -0.2) is 0 Å². The van der Waals surface area contributed by atoms with Crippen molar-refractivity contribution in [3.63, 3.8) is 0 Å². The molecule has 13 heavy (non-hydrogen) atoms. The first-order valence-corrected chi connectivity index (χ1v) is 4.93. The Morgan fingerprint density at radius 2 is 2.00 bits per heavy atom. The molecular weight excluding hydrogens is 256 g/mol. The van der Waals surface area contributed by atoms with Crippen molar-refractivity contribution in [2.75, 3.05) is 0 Å². The smallest absolute Gasteiger partial charge is 0.143 e. The van der Waals surface area contributed by atoms with Gasteiger partial charge in [-0.25, -0.2) is 4.39 Å². The monoisotopic (exact) mass is 265 g/mol. The van der Waals surface area contributed by atoms with Crippen LogP contribution in [0.4, 0.5) is 4.39 Å². The molecule has 0 heterocycles. The maximum atomic E-state index is 13.2. The summed E-state index contributed by atoms with van der Waals surface area (Å²) in [5, 5.41) is 0.0932. The number of hydrogen-bond acceptors (Lipinski definition) is 1. The molecule has 1 aromatic rings. The van der Waals surface area contributed by atoms with E-state index in [0.29, 0.717) is 10.0 Å². The van der Waals surface area contributed by atoms with Gasteiger partial charge in [0.05, 0.1) is 5.02 Å². The zero-order chi connectivity index (χ0) is 10.2. The molecule has 0 bridgehead atoms. The molecule has 1 nitrogen and oxygen atoms in total. The summed E-state index contributed by atoms with van der Waals surface area (Å²) in [6.07, 6.45) is 0. The van der Waals surface area contributed by atoms with Crippen LogP contribution < -0.4 is 5.73 Å². The van der Waals surface area contributed by atoms with Gasteiger partial charge < -0.3 is 5.73 Å². The molecule has 4 heteroatoms. The summed E-state index contributed by atoms with van der Waals surface area (Å²) in [6.45, 7) is 3.56. The minimum absolute atomic E-state index is 0.0932. The zero-order valence-electron chi connectivity index (χ0n) is 7.37. The first-order valence-electron chi connectivity index (χ1n) is 3.76. The molecule has 0 aliphatic rings. The van der Waals surface area contributed by atoms with Crippen molar-refractivity contribution in [3.8, 4) is 0 Å². The molecular formula is C9H10BrClFN. The van der Waals surface area contributed by atoms with E-state index < -0.39 is 11.4 Å². The molecule has 0 saturated carbocycles. The average Bonchev–Trinajstić information content (AvgIpc) is 1.94. The van der Waals surface area contributed by atoms with Gasteiger partial charge in [0.25, 0.3) is 0 Å². The van der Waals surface area contributed by atoms with E-state index in [0.717, 1.165) is 0 Å². The summed E-state index contributed by atoms with van der Waals surface area (Å²) in [5.41, 5.74) is 5.78. The van der Waals surface area contributed by atoms with Gasteiger partial charge in [-0.05, 0) is 31.5 Å². The molecule has 2 N–H and O–H groups in total. The molecule has 0 spiro atoms. The standard InChI is InChI=1S/C9H10BrClFN/c1-9(2,13)6-3-5(10)4-7(12)8(6)11/h3-4H,13H2,1-2H3. The highest BCUT2D eigenvalue weighted by atomic mass is 79.9. The van der Waals surface area contributed by atoms with Crippen molar-refractivity contribution in [2.24, 2.45) is 5.73 Å². The molecule has 0 atom stereocenters. The van der Waals surface area contributed by atoms with Crippen LogP contribution in [0.5, 0.6) is 0 Å². The molecule has 0 fully saturated rings. The fourth-order valence-corrected chi connectivity index (χ4v) is 1.81. The number of benzene rings is 1. The third kappa shape index (κ3) is 2.42. The van der Waals surface area contributed by atoms with E-state index in [4.69, 9.17) is 17.3 Å². The van der Waals surface area contributed by atoms with E-state index in [-0.39, 0.29) is 5.02 Å². The van der Waals surface area contributed by atoms with Crippen LogP contribution >= 0.6 is 27.5 Å². The van der Waals surface area contributed by atoms with Gasteiger partial charge in [-0.2, -0.15) is 0 Å². The van der Waals surface area contributed by atoms with E-state index in [2.05, 4.69) is 15.9 Å². The fourth-order valence-electron chi connectivity index (χ4n) is 1.02. The molecule has 72 valence electrons. The average molecular weight is 267 g/mol. The quantitative estimate of drug-likeness (QED) is 0.774. The maximum Gasteiger partial charge on any atom is 0.143 e. The Bertz CT molecular complexity index is 333. The maximum absolute atomic E-state index is 13.2.